The lowest BCUT2D eigenvalue weighted by molar-refractivity contribution is 0.674. The molecule has 0 N–H and O–H groups in total. The van der Waals surface area contributed by atoms with Crippen LogP contribution >= 0.6 is 11.1 Å². The van der Waals surface area contributed by atoms with Crippen LogP contribution in [0.4, 0.5) is 0 Å². The van der Waals surface area contributed by atoms with Crippen LogP contribution in [0.25, 0.3) is 0 Å². The average molecular weight is 315 g/mol. The Hall–Kier alpha value is -0.0131. The predicted molar refractivity (Wildman–Crippen MR) is 97.9 cm³/mol. The molecule has 0 saturated carbocycles. The molecule has 0 unspecified atom stereocenters. The van der Waals surface area contributed by atoms with E-state index >= 15 is 0 Å². The molecule has 0 bridgehead atoms. The van der Waals surface area contributed by atoms with Crippen LogP contribution in [0.5, 0.6) is 0 Å². The Morgan fingerprint density at radius 3 is 1.50 bits per heavy atom. The van der Waals surface area contributed by atoms with Gasteiger partial charge in [-0.3, -0.25) is 0 Å². The SMILES string of the molecule is CCCCCCC=C[Si](Cl)(C=CCCCCCC)CC. The Morgan fingerprint density at radius 2 is 1.15 bits per heavy atom. The molecule has 118 valence electrons. The second-order valence-electron chi connectivity index (χ2n) is 5.78. The van der Waals surface area contributed by atoms with Gasteiger partial charge in [-0.25, -0.2) is 0 Å². The predicted octanol–water partition coefficient (Wildman–Crippen LogP) is 7.32. The first-order valence-corrected chi connectivity index (χ1v) is 12.1. The largest absolute Gasteiger partial charge is 0.202 e. The smallest absolute Gasteiger partial charge is 0.156 e. The van der Waals surface area contributed by atoms with Crippen molar-refractivity contribution >= 4 is 18.5 Å². The minimum atomic E-state index is -1.75. The molecule has 0 aliphatic rings. The van der Waals surface area contributed by atoms with Gasteiger partial charge in [-0.15, -0.1) is 0 Å². The highest BCUT2D eigenvalue weighted by Gasteiger charge is 2.20. The van der Waals surface area contributed by atoms with Gasteiger partial charge in [-0.05, 0) is 31.7 Å². The van der Waals surface area contributed by atoms with E-state index in [0.717, 1.165) is 6.04 Å². The zero-order valence-electron chi connectivity index (χ0n) is 14.0. The van der Waals surface area contributed by atoms with E-state index in [0.29, 0.717) is 0 Å². The zero-order valence-corrected chi connectivity index (χ0v) is 15.7. The van der Waals surface area contributed by atoms with Crippen molar-refractivity contribution in [3.05, 3.63) is 23.6 Å². The Morgan fingerprint density at radius 1 is 0.700 bits per heavy atom. The van der Waals surface area contributed by atoms with Gasteiger partial charge in [0.1, 0.15) is 0 Å². The molecule has 0 heterocycles. The van der Waals surface area contributed by atoms with Gasteiger partial charge < -0.3 is 0 Å². The van der Waals surface area contributed by atoms with Gasteiger partial charge in [0.25, 0.3) is 0 Å². The molecular formula is C18H35ClSi. The molecule has 0 aliphatic carbocycles. The maximum atomic E-state index is 6.77. The summed E-state index contributed by atoms with van der Waals surface area (Å²) < 4.78 is 0. The number of rotatable bonds is 13. The number of unbranched alkanes of at least 4 members (excludes halogenated alkanes) is 8. The van der Waals surface area contributed by atoms with E-state index in [1.54, 1.807) is 0 Å². The fourth-order valence-electron chi connectivity index (χ4n) is 2.23. The van der Waals surface area contributed by atoms with E-state index in [1.165, 1.54) is 64.2 Å². The van der Waals surface area contributed by atoms with E-state index in [-0.39, 0.29) is 0 Å². The second-order valence-corrected chi connectivity index (χ2v) is 11.1. The average Bonchev–Trinajstić information content (AvgIpc) is 2.46. The van der Waals surface area contributed by atoms with Gasteiger partial charge in [0, 0.05) is 0 Å². The van der Waals surface area contributed by atoms with Crippen molar-refractivity contribution in [2.75, 3.05) is 0 Å². The third-order valence-electron chi connectivity index (χ3n) is 3.78. The van der Waals surface area contributed by atoms with Crippen LogP contribution in [0, 0.1) is 0 Å². The first kappa shape index (κ1) is 20.0. The summed E-state index contributed by atoms with van der Waals surface area (Å²) in [6.45, 7) is 6.74. The van der Waals surface area contributed by atoms with Crippen LogP contribution in [-0.2, 0) is 0 Å². The quantitative estimate of drug-likeness (QED) is 0.190. The van der Waals surface area contributed by atoms with Crippen LogP contribution < -0.4 is 0 Å². The van der Waals surface area contributed by atoms with Gasteiger partial charge in [0.15, 0.2) is 0 Å². The number of hydrogen-bond donors (Lipinski definition) is 0. The maximum absolute atomic E-state index is 6.77. The maximum Gasteiger partial charge on any atom is 0.202 e. The first-order chi connectivity index (χ1) is 9.68. The van der Waals surface area contributed by atoms with E-state index in [4.69, 9.17) is 11.1 Å². The third-order valence-corrected chi connectivity index (χ3v) is 8.00. The van der Waals surface area contributed by atoms with Crippen molar-refractivity contribution in [1.82, 2.24) is 0 Å². The van der Waals surface area contributed by atoms with E-state index < -0.39 is 7.38 Å². The normalized spacial score (nSPS) is 15.2. The van der Waals surface area contributed by atoms with Crippen LogP contribution in [0.3, 0.4) is 0 Å². The lowest BCUT2D eigenvalue weighted by Crippen LogP contribution is -2.20. The summed E-state index contributed by atoms with van der Waals surface area (Å²) in [6.07, 6.45) is 17.8. The summed E-state index contributed by atoms with van der Waals surface area (Å²) in [5, 5.41) is 0. The highest BCUT2D eigenvalue weighted by Crippen LogP contribution is 2.20. The molecule has 0 fully saturated rings. The van der Waals surface area contributed by atoms with Crippen molar-refractivity contribution in [2.24, 2.45) is 0 Å². The highest BCUT2D eigenvalue weighted by atomic mass is 35.6. The Labute approximate surface area is 133 Å². The van der Waals surface area contributed by atoms with Gasteiger partial charge in [0.2, 0.25) is 7.38 Å². The van der Waals surface area contributed by atoms with Crippen LogP contribution in [0.1, 0.15) is 85.0 Å². The third kappa shape index (κ3) is 11.8. The van der Waals surface area contributed by atoms with Crippen LogP contribution in [0.2, 0.25) is 6.04 Å². The number of halogens is 1. The summed E-state index contributed by atoms with van der Waals surface area (Å²) in [6, 6.07) is 1.10. The van der Waals surface area contributed by atoms with Gasteiger partial charge in [0.05, 0.1) is 0 Å². The summed E-state index contributed by atoms with van der Waals surface area (Å²) >= 11 is 6.77. The van der Waals surface area contributed by atoms with Crippen LogP contribution in [0.15, 0.2) is 23.6 Å². The standard InChI is InChI=1S/C18H35ClSi/c1-4-7-9-11-13-15-17-20(19,6-3)18-16-14-12-10-8-5-2/h15-18H,4-14H2,1-3H3. The highest BCUT2D eigenvalue weighted by molar-refractivity contribution is 7.26. The van der Waals surface area contributed by atoms with Gasteiger partial charge >= 0.3 is 0 Å². The van der Waals surface area contributed by atoms with E-state index in [9.17, 15) is 0 Å². The second kappa shape index (κ2) is 13.9. The Balaban J connectivity index is 3.92. The number of allylic oxidation sites excluding steroid dienone is 2. The summed E-state index contributed by atoms with van der Waals surface area (Å²) in [4.78, 5) is 0. The monoisotopic (exact) mass is 314 g/mol. The molecule has 0 aliphatic heterocycles. The lowest BCUT2D eigenvalue weighted by Gasteiger charge is -2.13. The molecule has 0 saturated heterocycles. The van der Waals surface area contributed by atoms with Gasteiger partial charge in [-0.1, -0.05) is 82.8 Å². The molecule has 0 aromatic rings. The van der Waals surface area contributed by atoms with Crippen molar-refractivity contribution < 1.29 is 0 Å². The van der Waals surface area contributed by atoms with Crippen molar-refractivity contribution in [1.29, 1.82) is 0 Å². The fraction of sp³-hybridized carbons (Fsp3) is 0.778. The van der Waals surface area contributed by atoms with E-state index in [1.807, 2.05) is 0 Å². The Kier molecular flexibility index (Phi) is 13.9. The molecule has 0 amide bonds. The van der Waals surface area contributed by atoms with Crippen LogP contribution in [-0.4, -0.2) is 7.38 Å². The van der Waals surface area contributed by atoms with Crippen molar-refractivity contribution in [2.45, 2.75) is 91.0 Å². The Bertz CT molecular complexity index is 236. The van der Waals surface area contributed by atoms with Crippen molar-refractivity contribution in [3.8, 4) is 0 Å². The lowest BCUT2D eigenvalue weighted by atomic mass is 10.2. The zero-order chi connectivity index (χ0) is 15.1. The summed E-state index contributed by atoms with van der Waals surface area (Å²) in [5.41, 5.74) is 4.67. The first-order valence-electron chi connectivity index (χ1n) is 8.72. The molecule has 0 radical (unpaired) electrons. The molecule has 2 heteroatoms. The molecule has 0 spiro atoms. The fourth-order valence-corrected chi connectivity index (χ4v) is 4.46. The molecule has 0 atom stereocenters. The molecule has 20 heavy (non-hydrogen) atoms. The molecular weight excluding hydrogens is 280 g/mol. The molecule has 0 aromatic heterocycles. The minimum Gasteiger partial charge on any atom is -0.156 e. The topological polar surface area (TPSA) is 0 Å². The molecule has 0 rings (SSSR count). The van der Waals surface area contributed by atoms with Crippen molar-refractivity contribution in [3.63, 3.8) is 0 Å². The summed E-state index contributed by atoms with van der Waals surface area (Å²) in [5.74, 6) is 0. The molecule has 0 aromatic carbocycles. The minimum absolute atomic E-state index is 1.10. The molecule has 0 nitrogen and oxygen atoms in total. The van der Waals surface area contributed by atoms with E-state index in [2.05, 4.69) is 44.3 Å². The number of hydrogen-bond acceptors (Lipinski definition) is 0. The van der Waals surface area contributed by atoms with Gasteiger partial charge in [-0.2, -0.15) is 11.1 Å². The summed E-state index contributed by atoms with van der Waals surface area (Å²) in [7, 11) is -1.75.